The summed E-state index contributed by atoms with van der Waals surface area (Å²) in [6, 6.07) is 5.68. The molecular formula is C18H31NS. The van der Waals surface area contributed by atoms with E-state index in [9.17, 15) is 0 Å². The molecule has 0 amide bonds. The molecule has 1 heterocycles. The van der Waals surface area contributed by atoms with Crippen LogP contribution < -0.4 is 5.32 Å². The molecule has 0 unspecified atom stereocenters. The summed E-state index contributed by atoms with van der Waals surface area (Å²) in [6.07, 6.45) is 15.7. The van der Waals surface area contributed by atoms with Gasteiger partial charge >= 0.3 is 0 Å². The molecule has 0 saturated heterocycles. The lowest BCUT2D eigenvalue weighted by atomic mass is 9.97. The topological polar surface area (TPSA) is 12.0 Å². The van der Waals surface area contributed by atoms with E-state index in [4.69, 9.17) is 0 Å². The van der Waals surface area contributed by atoms with Gasteiger partial charge in [0.25, 0.3) is 0 Å². The molecule has 0 aromatic carbocycles. The maximum Gasteiger partial charge on any atom is 0.0388 e. The van der Waals surface area contributed by atoms with Crippen LogP contribution >= 0.6 is 11.3 Å². The summed E-state index contributed by atoms with van der Waals surface area (Å²) >= 11 is 1.88. The molecule has 1 aliphatic rings. The zero-order chi connectivity index (χ0) is 14.0. The van der Waals surface area contributed by atoms with Crippen molar-refractivity contribution in [1.82, 2.24) is 5.32 Å². The fraction of sp³-hybridized carbons (Fsp3) is 0.778. The SMILES string of the molecule is C[C@H](NC1CCCCCCCCCCC1)c1cccs1. The predicted octanol–water partition coefficient (Wildman–Crippen LogP) is 6.07. The number of nitrogens with one attached hydrogen (secondary N) is 1. The number of hydrogen-bond acceptors (Lipinski definition) is 2. The van der Waals surface area contributed by atoms with Crippen LogP contribution in [0.3, 0.4) is 0 Å². The molecule has 0 aliphatic heterocycles. The highest BCUT2D eigenvalue weighted by Crippen LogP contribution is 2.22. The van der Waals surface area contributed by atoms with Crippen molar-refractivity contribution in [3.05, 3.63) is 22.4 Å². The van der Waals surface area contributed by atoms with Crippen molar-refractivity contribution >= 4 is 11.3 Å². The second kappa shape index (κ2) is 9.57. The fourth-order valence-corrected chi connectivity index (χ4v) is 4.05. The first-order valence-electron chi connectivity index (χ1n) is 8.66. The molecule has 1 saturated carbocycles. The van der Waals surface area contributed by atoms with Gasteiger partial charge in [0.05, 0.1) is 0 Å². The third kappa shape index (κ3) is 5.97. The smallest absolute Gasteiger partial charge is 0.0388 e. The Hall–Kier alpha value is -0.340. The zero-order valence-corrected chi connectivity index (χ0v) is 13.9. The minimum atomic E-state index is 0.521. The second-order valence-corrected chi connectivity index (χ2v) is 7.34. The van der Waals surface area contributed by atoms with Gasteiger partial charge in [-0.15, -0.1) is 11.3 Å². The average molecular weight is 294 g/mol. The summed E-state index contributed by atoms with van der Waals surface area (Å²) in [5, 5.41) is 6.07. The quantitative estimate of drug-likeness (QED) is 0.713. The van der Waals surface area contributed by atoms with E-state index < -0.39 is 0 Å². The van der Waals surface area contributed by atoms with Crippen LogP contribution in [0.2, 0.25) is 0 Å². The van der Waals surface area contributed by atoms with E-state index in [0.717, 1.165) is 6.04 Å². The molecule has 114 valence electrons. The minimum absolute atomic E-state index is 0.521. The maximum absolute atomic E-state index is 3.88. The highest BCUT2D eigenvalue weighted by Gasteiger charge is 2.14. The Bertz CT molecular complexity index is 321. The monoisotopic (exact) mass is 293 g/mol. The molecule has 1 aromatic heterocycles. The van der Waals surface area contributed by atoms with Gasteiger partial charge in [0.1, 0.15) is 0 Å². The molecule has 20 heavy (non-hydrogen) atoms. The summed E-state index contributed by atoms with van der Waals surface area (Å²) in [5.74, 6) is 0. The lowest BCUT2D eigenvalue weighted by molar-refractivity contribution is 0.377. The summed E-state index contributed by atoms with van der Waals surface area (Å²) in [5.41, 5.74) is 0. The van der Waals surface area contributed by atoms with Crippen molar-refractivity contribution in [1.29, 1.82) is 0 Å². The van der Waals surface area contributed by atoms with Gasteiger partial charge in [0, 0.05) is 17.0 Å². The Labute approximate surface area is 129 Å². The van der Waals surface area contributed by atoms with Crippen molar-refractivity contribution < 1.29 is 0 Å². The second-order valence-electron chi connectivity index (χ2n) is 6.36. The summed E-state index contributed by atoms with van der Waals surface area (Å²) < 4.78 is 0. The van der Waals surface area contributed by atoms with Crippen LogP contribution in [-0.2, 0) is 0 Å². The Morgan fingerprint density at radius 2 is 1.50 bits per heavy atom. The normalized spacial score (nSPS) is 21.9. The third-order valence-corrected chi connectivity index (χ3v) is 5.62. The highest BCUT2D eigenvalue weighted by molar-refractivity contribution is 7.10. The van der Waals surface area contributed by atoms with Crippen LogP contribution in [0.15, 0.2) is 17.5 Å². The van der Waals surface area contributed by atoms with Crippen molar-refractivity contribution in [3.63, 3.8) is 0 Å². The number of rotatable bonds is 3. The Balaban J connectivity index is 1.79. The lowest BCUT2D eigenvalue weighted by Gasteiger charge is -2.23. The zero-order valence-electron chi connectivity index (χ0n) is 13.1. The van der Waals surface area contributed by atoms with Crippen molar-refractivity contribution in [2.45, 2.75) is 89.6 Å². The largest absolute Gasteiger partial charge is 0.307 e. The van der Waals surface area contributed by atoms with Crippen molar-refractivity contribution in [2.24, 2.45) is 0 Å². The summed E-state index contributed by atoms with van der Waals surface area (Å²) in [4.78, 5) is 1.48. The van der Waals surface area contributed by atoms with E-state index in [1.165, 1.54) is 75.5 Å². The molecule has 1 N–H and O–H groups in total. The predicted molar refractivity (Wildman–Crippen MR) is 90.4 cm³/mol. The first kappa shape index (κ1) is 16.0. The molecule has 2 rings (SSSR count). The first-order chi connectivity index (χ1) is 9.86. The standard InChI is InChI=1S/C18H31NS/c1-16(18-14-11-15-20-18)19-17-12-9-7-5-3-2-4-6-8-10-13-17/h11,14-17,19H,2-10,12-13H2,1H3/t16-/m0/s1. The van der Waals surface area contributed by atoms with Crippen LogP contribution in [0.1, 0.15) is 88.5 Å². The van der Waals surface area contributed by atoms with Gasteiger partial charge < -0.3 is 5.32 Å². The van der Waals surface area contributed by atoms with Crippen molar-refractivity contribution in [2.75, 3.05) is 0 Å². The summed E-state index contributed by atoms with van der Waals surface area (Å²) in [7, 11) is 0. The molecule has 0 spiro atoms. The fourth-order valence-electron chi connectivity index (χ4n) is 3.30. The van der Waals surface area contributed by atoms with E-state index in [2.05, 4.69) is 29.8 Å². The van der Waals surface area contributed by atoms with Gasteiger partial charge in [-0.05, 0) is 31.2 Å². The molecule has 1 atom stereocenters. The molecule has 0 bridgehead atoms. The van der Waals surface area contributed by atoms with E-state index in [-0.39, 0.29) is 0 Å². The molecule has 2 heteroatoms. The van der Waals surface area contributed by atoms with Gasteiger partial charge in [-0.1, -0.05) is 63.9 Å². The van der Waals surface area contributed by atoms with Crippen LogP contribution in [0, 0.1) is 0 Å². The van der Waals surface area contributed by atoms with Gasteiger partial charge in [0.2, 0.25) is 0 Å². The van der Waals surface area contributed by atoms with Crippen LogP contribution in [0.5, 0.6) is 0 Å². The van der Waals surface area contributed by atoms with Crippen molar-refractivity contribution in [3.8, 4) is 0 Å². The Morgan fingerprint density at radius 1 is 0.950 bits per heavy atom. The maximum atomic E-state index is 3.88. The molecule has 1 aromatic rings. The Morgan fingerprint density at radius 3 is 2.00 bits per heavy atom. The molecule has 1 nitrogen and oxygen atoms in total. The molecular weight excluding hydrogens is 262 g/mol. The van der Waals surface area contributed by atoms with E-state index >= 15 is 0 Å². The number of thiophene rings is 1. The van der Waals surface area contributed by atoms with Gasteiger partial charge in [-0.2, -0.15) is 0 Å². The van der Waals surface area contributed by atoms with E-state index in [1.54, 1.807) is 0 Å². The van der Waals surface area contributed by atoms with Gasteiger partial charge in [-0.25, -0.2) is 0 Å². The number of hydrogen-bond donors (Lipinski definition) is 1. The lowest BCUT2D eigenvalue weighted by Crippen LogP contribution is -2.31. The average Bonchev–Trinajstić information content (AvgIpc) is 2.96. The summed E-state index contributed by atoms with van der Waals surface area (Å²) in [6.45, 7) is 2.32. The Kier molecular flexibility index (Phi) is 7.67. The van der Waals surface area contributed by atoms with Crippen LogP contribution in [-0.4, -0.2) is 6.04 Å². The van der Waals surface area contributed by atoms with Gasteiger partial charge in [-0.3, -0.25) is 0 Å². The van der Waals surface area contributed by atoms with Gasteiger partial charge in [0.15, 0.2) is 0 Å². The molecule has 1 fully saturated rings. The van der Waals surface area contributed by atoms with Crippen LogP contribution in [0.25, 0.3) is 0 Å². The van der Waals surface area contributed by atoms with Crippen LogP contribution in [0.4, 0.5) is 0 Å². The minimum Gasteiger partial charge on any atom is -0.307 e. The first-order valence-corrected chi connectivity index (χ1v) is 9.53. The highest BCUT2D eigenvalue weighted by atomic mass is 32.1. The third-order valence-electron chi connectivity index (χ3n) is 4.56. The molecule has 0 radical (unpaired) electrons. The molecule has 1 aliphatic carbocycles. The van der Waals surface area contributed by atoms with E-state index in [1.807, 2.05) is 11.3 Å². The van der Waals surface area contributed by atoms with E-state index in [0.29, 0.717) is 6.04 Å².